The van der Waals surface area contributed by atoms with Crippen LogP contribution < -0.4 is 5.32 Å². The Hall–Kier alpha value is -3.58. The number of anilines is 1. The number of aryl methyl sites for hydroxylation is 2. The minimum atomic E-state index is -0.101. The van der Waals surface area contributed by atoms with Crippen LogP contribution in [-0.4, -0.2) is 10.9 Å². The molecule has 0 aliphatic carbocycles. The van der Waals surface area contributed by atoms with Gasteiger partial charge in [-0.25, -0.2) is 0 Å². The van der Waals surface area contributed by atoms with Crippen molar-refractivity contribution in [2.45, 2.75) is 20.8 Å². The number of nitrogens with zero attached hydrogens (tertiary/aromatic N) is 1. The van der Waals surface area contributed by atoms with E-state index in [4.69, 9.17) is 0 Å². The van der Waals surface area contributed by atoms with E-state index in [0.29, 0.717) is 11.1 Å². The molecule has 2 heterocycles. The zero-order chi connectivity index (χ0) is 19.1. The summed E-state index contributed by atoms with van der Waals surface area (Å²) in [6.45, 7) is 5.97. The van der Waals surface area contributed by atoms with Gasteiger partial charge < -0.3 is 10.3 Å². The Morgan fingerprint density at radius 3 is 2.56 bits per heavy atom. The molecule has 1 aliphatic heterocycles. The van der Waals surface area contributed by atoms with Crippen LogP contribution in [0.25, 0.3) is 22.8 Å². The number of aromatic nitrogens is 1. The molecule has 0 fully saturated rings. The van der Waals surface area contributed by atoms with E-state index in [0.717, 1.165) is 44.9 Å². The third-order valence-electron chi connectivity index (χ3n) is 5.05. The standard InChI is InChI=1S/C23H19N3O/c1-13-9-14(2)25-21(13)11-20-19-8-7-16(10-22(19)26-23(20)27)18-6-4-5-17(12-24)15(18)3/h4-11,25H,1-3H3,(H,26,27)/b20-11-. The monoisotopic (exact) mass is 353 g/mol. The molecule has 4 heteroatoms. The molecule has 0 radical (unpaired) electrons. The molecule has 0 bridgehead atoms. The van der Waals surface area contributed by atoms with Gasteiger partial charge in [-0.1, -0.05) is 24.3 Å². The van der Waals surface area contributed by atoms with Gasteiger partial charge in [0.2, 0.25) is 0 Å². The summed E-state index contributed by atoms with van der Waals surface area (Å²) < 4.78 is 0. The summed E-state index contributed by atoms with van der Waals surface area (Å²) >= 11 is 0. The Kier molecular flexibility index (Phi) is 3.93. The summed E-state index contributed by atoms with van der Waals surface area (Å²) in [6, 6.07) is 15.9. The summed E-state index contributed by atoms with van der Waals surface area (Å²) in [5, 5.41) is 12.2. The number of carbonyl (C=O) groups excluding carboxylic acids is 1. The molecule has 1 aliphatic rings. The van der Waals surface area contributed by atoms with Crippen LogP contribution in [0.5, 0.6) is 0 Å². The number of hydrogen-bond acceptors (Lipinski definition) is 2. The van der Waals surface area contributed by atoms with E-state index in [1.54, 1.807) is 0 Å². The van der Waals surface area contributed by atoms with Crippen molar-refractivity contribution in [2.24, 2.45) is 0 Å². The maximum atomic E-state index is 12.5. The first kappa shape index (κ1) is 16.9. The molecule has 0 unspecified atom stereocenters. The predicted octanol–water partition coefficient (Wildman–Crippen LogP) is 4.97. The molecule has 0 spiro atoms. The molecule has 2 N–H and O–H groups in total. The molecular weight excluding hydrogens is 334 g/mol. The number of H-pyrrole nitrogens is 1. The van der Waals surface area contributed by atoms with Gasteiger partial charge in [0, 0.05) is 22.6 Å². The van der Waals surface area contributed by atoms with Crippen LogP contribution in [0.1, 0.15) is 33.6 Å². The maximum absolute atomic E-state index is 12.5. The fraction of sp³-hybridized carbons (Fsp3) is 0.130. The highest BCUT2D eigenvalue weighted by atomic mass is 16.2. The second-order valence-electron chi connectivity index (χ2n) is 6.91. The van der Waals surface area contributed by atoms with Crippen LogP contribution in [0.15, 0.2) is 42.5 Å². The Labute approximate surface area is 158 Å². The summed E-state index contributed by atoms with van der Waals surface area (Å²) in [4.78, 5) is 15.8. The largest absolute Gasteiger partial charge is 0.359 e. The van der Waals surface area contributed by atoms with Crippen molar-refractivity contribution in [1.82, 2.24) is 4.98 Å². The number of nitrogens with one attached hydrogen (secondary N) is 2. The minimum Gasteiger partial charge on any atom is -0.359 e. The third-order valence-corrected chi connectivity index (χ3v) is 5.05. The van der Waals surface area contributed by atoms with Crippen LogP contribution in [-0.2, 0) is 4.79 Å². The van der Waals surface area contributed by atoms with Crippen molar-refractivity contribution in [3.05, 3.63) is 76.1 Å². The van der Waals surface area contributed by atoms with Crippen LogP contribution in [0.4, 0.5) is 5.69 Å². The fourth-order valence-electron chi connectivity index (χ4n) is 3.62. The Morgan fingerprint density at radius 1 is 1.04 bits per heavy atom. The lowest BCUT2D eigenvalue weighted by atomic mass is 9.95. The van der Waals surface area contributed by atoms with Crippen molar-refractivity contribution in [3.8, 4) is 17.2 Å². The van der Waals surface area contributed by atoms with Crippen molar-refractivity contribution in [2.75, 3.05) is 5.32 Å². The van der Waals surface area contributed by atoms with Gasteiger partial charge in [0.25, 0.3) is 5.91 Å². The molecular formula is C23H19N3O. The SMILES string of the molecule is Cc1cc(C)c(/C=C2\C(=O)Nc3cc(-c4cccc(C#N)c4C)ccc32)[nH]1. The highest BCUT2D eigenvalue weighted by Gasteiger charge is 2.25. The number of aromatic amines is 1. The number of benzene rings is 2. The van der Waals surface area contributed by atoms with E-state index >= 15 is 0 Å². The quantitative estimate of drug-likeness (QED) is 0.639. The number of rotatable bonds is 2. The third kappa shape index (κ3) is 2.84. The molecule has 1 amide bonds. The number of carbonyl (C=O) groups is 1. The number of hydrogen-bond donors (Lipinski definition) is 2. The summed E-state index contributed by atoms with van der Waals surface area (Å²) in [5.74, 6) is -0.101. The van der Waals surface area contributed by atoms with Crippen LogP contribution in [0.3, 0.4) is 0 Å². The molecule has 4 rings (SSSR count). The molecule has 0 atom stereocenters. The molecule has 2 aromatic carbocycles. The van der Waals surface area contributed by atoms with Crippen molar-refractivity contribution in [3.63, 3.8) is 0 Å². The molecule has 4 nitrogen and oxygen atoms in total. The first-order chi connectivity index (χ1) is 13.0. The minimum absolute atomic E-state index is 0.101. The first-order valence-electron chi connectivity index (χ1n) is 8.81. The first-order valence-corrected chi connectivity index (χ1v) is 8.81. The van der Waals surface area contributed by atoms with Gasteiger partial charge in [0.15, 0.2) is 0 Å². The van der Waals surface area contributed by atoms with Gasteiger partial charge in [-0.3, -0.25) is 4.79 Å². The number of fused-ring (bicyclic) bond motifs is 1. The Bertz CT molecular complexity index is 1160. The van der Waals surface area contributed by atoms with E-state index in [9.17, 15) is 10.1 Å². The average molecular weight is 353 g/mol. The van der Waals surface area contributed by atoms with Crippen molar-refractivity contribution in [1.29, 1.82) is 5.26 Å². The summed E-state index contributed by atoms with van der Waals surface area (Å²) in [5.41, 5.74) is 9.07. The molecule has 3 aromatic rings. The van der Waals surface area contributed by atoms with Gasteiger partial charge >= 0.3 is 0 Å². The highest BCUT2D eigenvalue weighted by molar-refractivity contribution is 6.35. The lowest BCUT2D eigenvalue weighted by molar-refractivity contribution is -0.110. The predicted molar refractivity (Wildman–Crippen MR) is 108 cm³/mol. The highest BCUT2D eigenvalue weighted by Crippen LogP contribution is 2.37. The number of nitriles is 1. The van der Waals surface area contributed by atoms with Gasteiger partial charge in [-0.2, -0.15) is 5.26 Å². The van der Waals surface area contributed by atoms with Gasteiger partial charge in [0.05, 0.1) is 17.2 Å². The van der Waals surface area contributed by atoms with Crippen LogP contribution >= 0.6 is 0 Å². The number of amides is 1. The molecule has 0 saturated heterocycles. The van der Waals surface area contributed by atoms with E-state index in [1.807, 2.05) is 63.2 Å². The maximum Gasteiger partial charge on any atom is 0.256 e. The Morgan fingerprint density at radius 2 is 1.85 bits per heavy atom. The summed E-state index contributed by atoms with van der Waals surface area (Å²) in [6.07, 6.45) is 1.91. The van der Waals surface area contributed by atoms with Gasteiger partial charge in [0.1, 0.15) is 0 Å². The summed E-state index contributed by atoms with van der Waals surface area (Å²) in [7, 11) is 0. The van der Waals surface area contributed by atoms with Crippen LogP contribution in [0.2, 0.25) is 0 Å². The zero-order valence-electron chi connectivity index (χ0n) is 15.5. The fourth-order valence-corrected chi connectivity index (χ4v) is 3.62. The van der Waals surface area contributed by atoms with Crippen LogP contribution in [0, 0.1) is 32.1 Å². The van der Waals surface area contributed by atoms with E-state index in [-0.39, 0.29) is 5.91 Å². The van der Waals surface area contributed by atoms with Crippen molar-refractivity contribution < 1.29 is 4.79 Å². The topological polar surface area (TPSA) is 68.7 Å². The smallest absolute Gasteiger partial charge is 0.256 e. The average Bonchev–Trinajstić information content (AvgIpc) is 3.13. The van der Waals surface area contributed by atoms with E-state index in [2.05, 4.69) is 22.4 Å². The van der Waals surface area contributed by atoms with Gasteiger partial charge in [-0.05, 0) is 67.3 Å². The van der Waals surface area contributed by atoms with E-state index < -0.39 is 0 Å². The molecule has 0 saturated carbocycles. The lowest BCUT2D eigenvalue weighted by Crippen LogP contribution is -2.03. The van der Waals surface area contributed by atoms with E-state index in [1.165, 1.54) is 0 Å². The zero-order valence-corrected chi connectivity index (χ0v) is 15.5. The lowest BCUT2D eigenvalue weighted by Gasteiger charge is -2.09. The van der Waals surface area contributed by atoms with Gasteiger partial charge in [-0.15, -0.1) is 0 Å². The molecule has 132 valence electrons. The second kappa shape index (κ2) is 6.30. The normalized spacial score (nSPS) is 14.1. The molecule has 27 heavy (non-hydrogen) atoms. The van der Waals surface area contributed by atoms with Crippen molar-refractivity contribution >= 4 is 23.2 Å². The second-order valence-corrected chi connectivity index (χ2v) is 6.91. The molecule has 1 aromatic heterocycles. The Balaban J connectivity index is 1.79.